The number of aromatic nitrogens is 3. The van der Waals surface area contributed by atoms with Crippen LogP contribution in [0, 0.1) is 13.8 Å². The molecule has 6 nitrogen and oxygen atoms in total. The minimum Gasteiger partial charge on any atom is -0.348 e. The van der Waals surface area contributed by atoms with Gasteiger partial charge < -0.3 is 5.32 Å². The summed E-state index contributed by atoms with van der Waals surface area (Å²) in [5.41, 5.74) is 3.47. The van der Waals surface area contributed by atoms with Crippen LogP contribution in [0.25, 0.3) is 5.69 Å². The lowest BCUT2D eigenvalue weighted by Gasteiger charge is -2.16. The quantitative estimate of drug-likeness (QED) is 0.769. The van der Waals surface area contributed by atoms with E-state index < -0.39 is 5.69 Å². The number of nitrogens with zero attached hydrogens (tertiary/aromatic N) is 3. The molecular weight excluding hydrogens is 328 g/mol. The van der Waals surface area contributed by atoms with Gasteiger partial charge in [-0.2, -0.15) is 4.98 Å². The maximum absolute atomic E-state index is 12.5. The molecule has 0 aliphatic carbocycles. The minimum atomic E-state index is -0.451. The van der Waals surface area contributed by atoms with Gasteiger partial charge in [0.05, 0.1) is 11.7 Å². The monoisotopic (exact) mass is 350 g/mol. The van der Waals surface area contributed by atoms with E-state index in [9.17, 15) is 9.59 Å². The molecule has 1 atom stereocenters. The van der Waals surface area contributed by atoms with Gasteiger partial charge >= 0.3 is 5.69 Å². The van der Waals surface area contributed by atoms with Crippen LogP contribution in [0.5, 0.6) is 0 Å². The van der Waals surface area contributed by atoms with Gasteiger partial charge in [0.2, 0.25) is 5.91 Å². The average Bonchev–Trinajstić information content (AvgIpc) is 2.98. The Hall–Kier alpha value is -3.15. The van der Waals surface area contributed by atoms with E-state index in [4.69, 9.17) is 0 Å². The van der Waals surface area contributed by atoms with E-state index in [0.717, 1.165) is 22.4 Å². The average molecular weight is 350 g/mol. The van der Waals surface area contributed by atoms with Gasteiger partial charge in [0.25, 0.3) is 0 Å². The number of hydrogen-bond donors (Lipinski definition) is 1. The minimum absolute atomic E-state index is 0.0939. The molecule has 134 valence electrons. The Morgan fingerprint density at radius 2 is 1.88 bits per heavy atom. The first-order valence-electron chi connectivity index (χ1n) is 8.52. The second-order valence-electron chi connectivity index (χ2n) is 6.42. The second-order valence-corrected chi connectivity index (χ2v) is 6.42. The summed E-state index contributed by atoms with van der Waals surface area (Å²) < 4.78 is 2.98. The fraction of sp³-hybridized carbons (Fsp3) is 0.250. The topological polar surface area (TPSA) is 68.9 Å². The Kier molecular flexibility index (Phi) is 5.02. The molecule has 1 aromatic heterocycles. The molecule has 0 saturated heterocycles. The number of carbonyl (C=O) groups excluding carboxylic acids is 1. The smallest absolute Gasteiger partial charge is 0.348 e. The van der Waals surface area contributed by atoms with Gasteiger partial charge in [0.1, 0.15) is 12.9 Å². The van der Waals surface area contributed by atoms with Crippen molar-refractivity contribution < 1.29 is 4.79 Å². The van der Waals surface area contributed by atoms with Crippen LogP contribution in [0.3, 0.4) is 0 Å². The molecule has 1 amide bonds. The molecule has 2 aromatic carbocycles. The summed E-state index contributed by atoms with van der Waals surface area (Å²) >= 11 is 0. The zero-order chi connectivity index (χ0) is 18.7. The summed E-state index contributed by atoms with van der Waals surface area (Å²) in [5, 5.41) is 2.93. The summed E-state index contributed by atoms with van der Waals surface area (Å²) in [7, 11) is 0. The van der Waals surface area contributed by atoms with E-state index in [1.165, 1.54) is 11.0 Å². The summed E-state index contributed by atoms with van der Waals surface area (Å²) in [6, 6.07) is 15.5. The molecule has 0 spiro atoms. The molecule has 3 aromatic rings. The highest BCUT2D eigenvalue weighted by Gasteiger charge is 2.15. The first kappa shape index (κ1) is 17.7. The molecular formula is C20H22N4O2. The van der Waals surface area contributed by atoms with Crippen molar-refractivity contribution >= 4 is 5.91 Å². The SMILES string of the molecule is Cc1ccc(C)c(-n2cnc(=O)n2CC(=O)NC(C)c2ccccc2)c1. The lowest BCUT2D eigenvalue weighted by atomic mass is 10.1. The van der Waals surface area contributed by atoms with E-state index >= 15 is 0 Å². The number of amides is 1. The van der Waals surface area contributed by atoms with Gasteiger partial charge in [-0.05, 0) is 43.5 Å². The van der Waals surface area contributed by atoms with Crippen molar-refractivity contribution in [2.24, 2.45) is 0 Å². The third-order valence-corrected chi connectivity index (χ3v) is 4.34. The van der Waals surface area contributed by atoms with Crippen molar-refractivity contribution in [3.05, 3.63) is 82.0 Å². The van der Waals surface area contributed by atoms with Crippen LogP contribution in [0.15, 0.2) is 59.7 Å². The van der Waals surface area contributed by atoms with Crippen molar-refractivity contribution in [2.75, 3.05) is 0 Å². The lowest BCUT2D eigenvalue weighted by molar-refractivity contribution is -0.122. The van der Waals surface area contributed by atoms with Gasteiger partial charge in [0.15, 0.2) is 0 Å². The van der Waals surface area contributed by atoms with Crippen molar-refractivity contribution in [3.63, 3.8) is 0 Å². The Morgan fingerprint density at radius 3 is 2.62 bits per heavy atom. The normalized spacial score (nSPS) is 12.0. The molecule has 0 fully saturated rings. The van der Waals surface area contributed by atoms with Gasteiger partial charge in [-0.1, -0.05) is 42.5 Å². The van der Waals surface area contributed by atoms with Gasteiger partial charge in [-0.3, -0.25) is 4.79 Å². The summed E-state index contributed by atoms with van der Waals surface area (Å²) in [5.74, 6) is -0.240. The van der Waals surface area contributed by atoms with E-state index in [0.29, 0.717) is 0 Å². The molecule has 1 N–H and O–H groups in total. The largest absolute Gasteiger partial charge is 0.364 e. The van der Waals surface area contributed by atoms with Gasteiger partial charge in [-0.15, -0.1) is 0 Å². The predicted octanol–water partition coefficient (Wildman–Crippen LogP) is 2.53. The van der Waals surface area contributed by atoms with Crippen LogP contribution in [-0.2, 0) is 11.3 Å². The molecule has 3 rings (SSSR count). The van der Waals surface area contributed by atoms with Crippen LogP contribution in [0.4, 0.5) is 0 Å². The fourth-order valence-electron chi connectivity index (χ4n) is 2.88. The Labute approximate surface area is 152 Å². The highest BCUT2D eigenvalue weighted by molar-refractivity contribution is 5.76. The fourth-order valence-corrected chi connectivity index (χ4v) is 2.88. The highest BCUT2D eigenvalue weighted by Crippen LogP contribution is 2.15. The van der Waals surface area contributed by atoms with E-state index in [1.54, 1.807) is 4.68 Å². The van der Waals surface area contributed by atoms with Crippen LogP contribution >= 0.6 is 0 Å². The number of carbonyl (C=O) groups is 1. The molecule has 0 radical (unpaired) electrons. The predicted molar refractivity (Wildman–Crippen MR) is 100 cm³/mol. The molecule has 6 heteroatoms. The third kappa shape index (κ3) is 3.74. The van der Waals surface area contributed by atoms with Gasteiger partial charge in [0, 0.05) is 0 Å². The Bertz CT molecular complexity index is 973. The number of hydrogen-bond acceptors (Lipinski definition) is 3. The maximum Gasteiger partial charge on any atom is 0.364 e. The van der Waals surface area contributed by atoms with E-state index in [2.05, 4.69) is 10.3 Å². The Balaban J connectivity index is 1.82. The molecule has 1 unspecified atom stereocenters. The summed E-state index contributed by atoms with van der Waals surface area (Å²) in [4.78, 5) is 28.5. The van der Waals surface area contributed by atoms with Crippen LogP contribution in [0.2, 0.25) is 0 Å². The van der Waals surface area contributed by atoms with E-state index in [-0.39, 0.29) is 18.5 Å². The second kappa shape index (κ2) is 7.39. The zero-order valence-corrected chi connectivity index (χ0v) is 15.1. The zero-order valence-electron chi connectivity index (χ0n) is 15.1. The first-order valence-corrected chi connectivity index (χ1v) is 8.52. The van der Waals surface area contributed by atoms with E-state index in [1.807, 2.05) is 69.3 Å². The molecule has 0 aliphatic rings. The van der Waals surface area contributed by atoms with Crippen molar-refractivity contribution in [2.45, 2.75) is 33.4 Å². The highest BCUT2D eigenvalue weighted by atomic mass is 16.2. The number of aryl methyl sites for hydroxylation is 2. The van der Waals surface area contributed by atoms with Crippen molar-refractivity contribution in [1.82, 2.24) is 19.7 Å². The molecule has 0 aliphatic heterocycles. The van der Waals surface area contributed by atoms with Gasteiger partial charge in [-0.25, -0.2) is 14.2 Å². The summed E-state index contributed by atoms with van der Waals surface area (Å²) in [6.07, 6.45) is 1.46. The van der Waals surface area contributed by atoms with Crippen LogP contribution in [-0.4, -0.2) is 20.3 Å². The summed E-state index contributed by atoms with van der Waals surface area (Å²) in [6.45, 7) is 5.76. The molecule has 26 heavy (non-hydrogen) atoms. The van der Waals surface area contributed by atoms with Crippen molar-refractivity contribution in [1.29, 1.82) is 0 Å². The number of nitrogens with one attached hydrogen (secondary N) is 1. The van der Waals surface area contributed by atoms with Crippen LogP contribution in [0.1, 0.15) is 29.7 Å². The Morgan fingerprint density at radius 1 is 1.15 bits per heavy atom. The number of benzene rings is 2. The third-order valence-electron chi connectivity index (χ3n) is 4.34. The molecule has 0 bridgehead atoms. The first-order chi connectivity index (χ1) is 12.5. The maximum atomic E-state index is 12.5. The lowest BCUT2D eigenvalue weighted by Crippen LogP contribution is -2.35. The molecule has 0 saturated carbocycles. The number of rotatable bonds is 5. The van der Waals surface area contributed by atoms with Crippen LogP contribution < -0.4 is 11.0 Å². The molecule has 1 heterocycles. The van der Waals surface area contributed by atoms with Crippen molar-refractivity contribution in [3.8, 4) is 5.69 Å². The standard InChI is InChI=1S/C20H22N4O2/c1-14-9-10-15(2)18(11-14)24-13-21-20(26)23(24)12-19(25)22-16(3)17-7-5-4-6-8-17/h4-11,13,16H,12H2,1-3H3,(H,22,25).